The van der Waals surface area contributed by atoms with Gasteiger partial charge in [0.2, 0.25) is 0 Å². The third kappa shape index (κ3) is 2.47. The summed E-state index contributed by atoms with van der Waals surface area (Å²) < 4.78 is 4.91. The molecule has 0 unspecified atom stereocenters. The number of amides is 1. The Morgan fingerprint density at radius 2 is 2.29 bits per heavy atom. The Labute approximate surface area is 105 Å². The van der Waals surface area contributed by atoms with Crippen LogP contribution in [0.3, 0.4) is 0 Å². The fourth-order valence-corrected chi connectivity index (χ4v) is 1.92. The van der Waals surface area contributed by atoms with Gasteiger partial charge in [-0.1, -0.05) is 0 Å². The Hall–Kier alpha value is -1.42. The molecular weight excluding hydrogens is 242 g/mol. The summed E-state index contributed by atoms with van der Waals surface area (Å²) in [6.07, 6.45) is 1.81. The summed E-state index contributed by atoms with van der Waals surface area (Å²) >= 11 is 5.78. The van der Waals surface area contributed by atoms with Crippen LogP contribution < -0.4 is 10.1 Å². The third-order valence-electron chi connectivity index (χ3n) is 2.93. The van der Waals surface area contributed by atoms with Gasteiger partial charge in [0.25, 0.3) is 5.91 Å². The minimum Gasteiger partial charge on any atom is -0.504 e. The Bertz CT molecular complexity index is 443. The van der Waals surface area contributed by atoms with E-state index in [9.17, 15) is 9.90 Å². The molecule has 0 aromatic heterocycles. The van der Waals surface area contributed by atoms with Crippen molar-refractivity contribution in [2.45, 2.75) is 18.4 Å². The molecule has 1 saturated carbocycles. The van der Waals surface area contributed by atoms with E-state index < -0.39 is 0 Å². The molecule has 4 nitrogen and oxygen atoms in total. The van der Waals surface area contributed by atoms with Crippen molar-refractivity contribution in [2.24, 2.45) is 0 Å². The maximum absolute atomic E-state index is 11.9. The summed E-state index contributed by atoms with van der Waals surface area (Å²) in [6, 6.07) is 4.56. The SMILES string of the molecule is COc1ccc(C(=O)NC2(CCl)CC2)cc1O. The highest BCUT2D eigenvalue weighted by molar-refractivity contribution is 6.19. The second-order valence-electron chi connectivity index (χ2n) is 4.25. The van der Waals surface area contributed by atoms with Crippen LogP contribution in [0.2, 0.25) is 0 Å². The minimum absolute atomic E-state index is 0.0455. The number of benzene rings is 1. The van der Waals surface area contributed by atoms with Crippen LogP contribution in [0.25, 0.3) is 0 Å². The van der Waals surface area contributed by atoms with E-state index in [4.69, 9.17) is 16.3 Å². The Morgan fingerprint density at radius 3 is 2.76 bits per heavy atom. The van der Waals surface area contributed by atoms with E-state index in [1.54, 1.807) is 12.1 Å². The maximum Gasteiger partial charge on any atom is 0.251 e. The van der Waals surface area contributed by atoms with Crippen molar-refractivity contribution < 1.29 is 14.6 Å². The number of nitrogens with one attached hydrogen (secondary N) is 1. The lowest BCUT2D eigenvalue weighted by Crippen LogP contribution is -2.38. The molecule has 0 radical (unpaired) electrons. The van der Waals surface area contributed by atoms with E-state index in [1.807, 2.05) is 0 Å². The van der Waals surface area contributed by atoms with Crippen molar-refractivity contribution in [1.29, 1.82) is 0 Å². The molecule has 1 fully saturated rings. The molecule has 0 atom stereocenters. The normalized spacial score (nSPS) is 16.4. The fraction of sp³-hybridized carbons (Fsp3) is 0.417. The van der Waals surface area contributed by atoms with Gasteiger partial charge in [-0.25, -0.2) is 0 Å². The van der Waals surface area contributed by atoms with E-state index in [0.717, 1.165) is 12.8 Å². The van der Waals surface area contributed by atoms with Gasteiger partial charge in [0, 0.05) is 11.4 Å². The highest BCUT2D eigenvalue weighted by atomic mass is 35.5. The van der Waals surface area contributed by atoms with Crippen molar-refractivity contribution in [3.8, 4) is 11.5 Å². The summed E-state index contributed by atoms with van der Waals surface area (Å²) in [4.78, 5) is 11.9. The molecule has 0 heterocycles. The van der Waals surface area contributed by atoms with Gasteiger partial charge in [0.15, 0.2) is 11.5 Å². The van der Waals surface area contributed by atoms with Crippen LogP contribution >= 0.6 is 11.6 Å². The van der Waals surface area contributed by atoms with Crippen LogP contribution in [0, 0.1) is 0 Å². The highest BCUT2D eigenvalue weighted by Gasteiger charge is 2.43. The lowest BCUT2D eigenvalue weighted by molar-refractivity contribution is 0.0935. The number of methoxy groups -OCH3 is 1. The lowest BCUT2D eigenvalue weighted by Gasteiger charge is -2.14. The van der Waals surface area contributed by atoms with E-state index in [1.165, 1.54) is 13.2 Å². The molecule has 92 valence electrons. The summed E-state index contributed by atoms with van der Waals surface area (Å²) in [5.41, 5.74) is 0.161. The van der Waals surface area contributed by atoms with Gasteiger partial charge in [0.1, 0.15) is 0 Å². The molecule has 17 heavy (non-hydrogen) atoms. The quantitative estimate of drug-likeness (QED) is 0.808. The van der Waals surface area contributed by atoms with Crippen LogP contribution in [-0.2, 0) is 0 Å². The van der Waals surface area contributed by atoms with Gasteiger partial charge >= 0.3 is 0 Å². The summed E-state index contributed by atoms with van der Waals surface area (Å²) in [5.74, 6) is 0.498. The third-order valence-corrected chi connectivity index (χ3v) is 3.44. The van der Waals surface area contributed by atoms with Crippen molar-refractivity contribution >= 4 is 17.5 Å². The zero-order valence-electron chi connectivity index (χ0n) is 9.50. The molecule has 1 aliphatic carbocycles. The number of aromatic hydroxyl groups is 1. The number of hydrogen-bond acceptors (Lipinski definition) is 3. The zero-order valence-corrected chi connectivity index (χ0v) is 10.3. The molecule has 0 aliphatic heterocycles. The first-order chi connectivity index (χ1) is 8.10. The van der Waals surface area contributed by atoms with Gasteiger partial charge < -0.3 is 15.2 Å². The summed E-state index contributed by atoms with van der Waals surface area (Å²) in [7, 11) is 1.46. The van der Waals surface area contributed by atoms with Gasteiger partial charge in [0.05, 0.1) is 12.6 Å². The molecule has 1 aromatic rings. The van der Waals surface area contributed by atoms with Crippen LogP contribution in [0.15, 0.2) is 18.2 Å². The fourth-order valence-electron chi connectivity index (χ4n) is 1.59. The van der Waals surface area contributed by atoms with Crippen LogP contribution in [-0.4, -0.2) is 29.5 Å². The predicted molar refractivity (Wildman–Crippen MR) is 64.8 cm³/mol. The second kappa shape index (κ2) is 4.45. The topological polar surface area (TPSA) is 58.6 Å². The van der Waals surface area contributed by atoms with Gasteiger partial charge in [-0.15, -0.1) is 11.6 Å². The monoisotopic (exact) mass is 255 g/mol. The zero-order chi connectivity index (χ0) is 12.5. The van der Waals surface area contributed by atoms with Gasteiger partial charge in [-0.05, 0) is 31.0 Å². The maximum atomic E-state index is 11.9. The molecule has 0 spiro atoms. The van der Waals surface area contributed by atoms with Gasteiger partial charge in [-0.2, -0.15) is 0 Å². The standard InChI is InChI=1S/C12H14ClNO3/c1-17-10-3-2-8(6-9(10)15)11(16)14-12(7-13)4-5-12/h2-3,6,15H,4-5,7H2,1H3,(H,14,16). The highest BCUT2D eigenvalue weighted by Crippen LogP contribution is 2.37. The second-order valence-corrected chi connectivity index (χ2v) is 4.52. The van der Waals surface area contributed by atoms with Crippen LogP contribution in [0.4, 0.5) is 0 Å². The molecule has 2 rings (SSSR count). The van der Waals surface area contributed by atoms with Crippen molar-refractivity contribution in [1.82, 2.24) is 5.32 Å². The number of alkyl halides is 1. The summed E-state index contributed by atoms with van der Waals surface area (Å²) in [6.45, 7) is 0. The van der Waals surface area contributed by atoms with E-state index in [-0.39, 0.29) is 17.2 Å². The largest absolute Gasteiger partial charge is 0.504 e. The molecule has 1 aliphatic rings. The van der Waals surface area contributed by atoms with Crippen LogP contribution in [0.5, 0.6) is 11.5 Å². The van der Waals surface area contributed by atoms with E-state index >= 15 is 0 Å². The molecule has 1 amide bonds. The predicted octanol–water partition coefficient (Wildman–Crippen LogP) is 1.90. The number of carbonyl (C=O) groups is 1. The Balaban J connectivity index is 2.12. The number of halogens is 1. The number of ether oxygens (including phenoxy) is 1. The smallest absolute Gasteiger partial charge is 0.251 e. The average Bonchev–Trinajstić information content (AvgIpc) is 3.09. The minimum atomic E-state index is -0.242. The van der Waals surface area contributed by atoms with Gasteiger partial charge in [-0.3, -0.25) is 4.79 Å². The Morgan fingerprint density at radius 1 is 1.59 bits per heavy atom. The molecule has 2 N–H and O–H groups in total. The van der Waals surface area contributed by atoms with E-state index in [2.05, 4.69) is 5.32 Å². The summed E-state index contributed by atoms with van der Waals surface area (Å²) in [5, 5.41) is 12.5. The first-order valence-corrected chi connectivity index (χ1v) is 5.89. The van der Waals surface area contributed by atoms with Crippen molar-refractivity contribution in [3.63, 3.8) is 0 Å². The molecule has 5 heteroatoms. The average molecular weight is 256 g/mol. The molecule has 0 bridgehead atoms. The number of phenolic OH excluding ortho intramolecular Hbond substituents is 1. The number of phenols is 1. The number of hydrogen-bond donors (Lipinski definition) is 2. The molecule has 0 saturated heterocycles. The first kappa shape index (κ1) is 12.0. The molecule has 1 aromatic carbocycles. The van der Waals surface area contributed by atoms with Crippen LogP contribution in [0.1, 0.15) is 23.2 Å². The van der Waals surface area contributed by atoms with Crippen molar-refractivity contribution in [2.75, 3.05) is 13.0 Å². The van der Waals surface area contributed by atoms with Crippen molar-refractivity contribution in [3.05, 3.63) is 23.8 Å². The number of carbonyl (C=O) groups excluding carboxylic acids is 1. The Kier molecular flexibility index (Phi) is 3.15. The van der Waals surface area contributed by atoms with E-state index in [0.29, 0.717) is 17.2 Å². The molecular formula is C12H14ClNO3. The lowest BCUT2D eigenvalue weighted by atomic mass is 10.1. The number of rotatable bonds is 4. The first-order valence-electron chi connectivity index (χ1n) is 5.36.